The second kappa shape index (κ2) is 10.2. The molecule has 33 heavy (non-hydrogen) atoms. The molecule has 1 heterocycles. The van der Waals surface area contributed by atoms with Crippen LogP contribution in [0.15, 0.2) is 89.8 Å². The number of hydrogen-bond acceptors (Lipinski definition) is 4. The van der Waals surface area contributed by atoms with E-state index in [4.69, 9.17) is 0 Å². The molecule has 6 nitrogen and oxygen atoms in total. The Kier molecular flexibility index (Phi) is 7.11. The Morgan fingerprint density at radius 2 is 1.36 bits per heavy atom. The first-order chi connectivity index (χ1) is 15.9. The molecule has 1 aliphatic rings. The second-order valence-electron chi connectivity index (χ2n) is 8.27. The van der Waals surface area contributed by atoms with Crippen LogP contribution in [0.25, 0.3) is 0 Å². The fourth-order valence-electron chi connectivity index (χ4n) is 4.00. The normalized spacial score (nSPS) is 14.8. The molecule has 0 saturated carbocycles. The van der Waals surface area contributed by atoms with Crippen LogP contribution >= 0.6 is 0 Å². The van der Waals surface area contributed by atoms with Crippen molar-refractivity contribution < 1.29 is 13.2 Å². The molecule has 3 aromatic carbocycles. The summed E-state index contributed by atoms with van der Waals surface area (Å²) in [5.41, 5.74) is 2.72. The Morgan fingerprint density at radius 1 is 0.788 bits per heavy atom. The van der Waals surface area contributed by atoms with Crippen LogP contribution in [0.4, 0.5) is 5.69 Å². The predicted molar refractivity (Wildman–Crippen MR) is 130 cm³/mol. The lowest BCUT2D eigenvalue weighted by Gasteiger charge is -2.34. The van der Waals surface area contributed by atoms with E-state index < -0.39 is 10.0 Å². The number of nitrogens with zero attached hydrogens (tertiary/aromatic N) is 3. The number of carbonyl (C=O) groups excluding carboxylic acids is 1. The number of rotatable bonds is 7. The lowest BCUT2D eigenvalue weighted by molar-refractivity contribution is -0.132. The standard InChI is InChI=1S/C26H29N3O3S/c1-27(33(31,32)25-10-6-3-7-11-25)24-14-12-22(13-15-24)20-26(30)29-18-16-28(17-19-29)21-23-8-4-2-5-9-23/h2-15H,16-21H2,1H3. The molecular formula is C26H29N3O3S. The Morgan fingerprint density at radius 3 is 1.97 bits per heavy atom. The van der Waals surface area contributed by atoms with Crippen LogP contribution in [0.2, 0.25) is 0 Å². The molecule has 0 aliphatic carbocycles. The van der Waals surface area contributed by atoms with Gasteiger partial charge in [-0.1, -0.05) is 60.7 Å². The summed E-state index contributed by atoms with van der Waals surface area (Å²) < 4.78 is 26.9. The molecule has 7 heteroatoms. The Balaban J connectivity index is 1.31. The van der Waals surface area contributed by atoms with Crippen LogP contribution in [0.3, 0.4) is 0 Å². The van der Waals surface area contributed by atoms with E-state index in [-0.39, 0.29) is 10.8 Å². The summed E-state index contributed by atoms with van der Waals surface area (Å²) >= 11 is 0. The minimum atomic E-state index is -3.62. The number of piperazine rings is 1. The molecular weight excluding hydrogens is 434 g/mol. The highest BCUT2D eigenvalue weighted by Gasteiger charge is 2.23. The van der Waals surface area contributed by atoms with Crippen molar-refractivity contribution in [3.05, 3.63) is 96.1 Å². The van der Waals surface area contributed by atoms with Gasteiger partial charge in [0.25, 0.3) is 10.0 Å². The number of carbonyl (C=O) groups is 1. The maximum absolute atomic E-state index is 12.8. The highest BCUT2D eigenvalue weighted by Crippen LogP contribution is 2.22. The number of sulfonamides is 1. The number of amides is 1. The fourth-order valence-corrected chi connectivity index (χ4v) is 5.21. The van der Waals surface area contributed by atoms with Gasteiger partial charge >= 0.3 is 0 Å². The van der Waals surface area contributed by atoms with Crippen LogP contribution in [0.1, 0.15) is 11.1 Å². The molecule has 1 amide bonds. The van der Waals surface area contributed by atoms with Gasteiger partial charge < -0.3 is 4.90 Å². The molecule has 0 radical (unpaired) electrons. The molecule has 1 saturated heterocycles. The third-order valence-electron chi connectivity index (χ3n) is 6.03. The van der Waals surface area contributed by atoms with Gasteiger partial charge in [0.05, 0.1) is 17.0 Å². The lowest BCUT2D eigenvalue weighted by Crippen LogP contribution is -2.48. The molecule has 0 aromatic heterocycles. The van der Waals surface area contributed by atoms with Crippen LogP contribution in [-0.2, 0) is 27.8 Å². The van der Waals surface area contributed by atoms with Gasteiger partial charge in [-0.05, 0) is 35.4 Å². The van der Waals surface area contributed by atoms with Crippen molar-refractivity contribution in [2.45, 2.75) is 17.9 Å². The third kappa shape index (κ3) is 5.61. The van der Waals surface area contributed by atoms with E-state index in [0.717, 1.165) is 38.3 Å². The summed E-state index contributed by atoms with van der Waals surface area (Å²) in [6.45, 7) is 4.08. The predicted octanol–water partition coefficient (Wildman–Crippen LogP) is 3.40. The van der Waals surface area contributed by atoms with Crippen LogP contribution in [0, 0.1) is 0 Å². The number of hydrogen-bond donors (Lipinski definition) is 0. The monoisotopic (exact) mass is 463 g/mol. The largest absolute Gasteiger partial charge is 0.340 e. The average Bonchev–Trinajstić information content (AvgIpc) is 2.85. The third-order valence-corrected chi connectivity index (χ3v) is 7.83. The minimum Gasteiger partial charge on any atom is -0.340 e. The maximum atomic E-state index is 12.8. The van der Waals surface area contributed by atoms with Gasteiger partial charge in [0, 0.05) is 39.8 Å². The van der Waals surface area contributed by atoms with E-state index in [1.54, 1.807) is 42.5 Å². The number of anilines is 1. The van der Waals surface area contributed by atoms with Crippen molar-refractivity contribution in [1.29, 1.82) is 0 Å². The molecule has 4 rings (SSSR count). The Hall–Kier alpha value is -3.16. The van der Waals surface area contributed by atoms with E-state index in [2.05, 4.69) is 29.2 Å². The zero-order chi connectivity index (χ0) is 23.3. The molecule has 3 aromatic rings. The van der Waals surface area contributed by atoms with Crippen molar-refractivity contribution in [2.75, 3.05) is 37.5 Å². The summed E-state index contributed by atoms with van der Waals surface area (Å²) in [6, 6.07) is 25.9. The molecule has 0 unspecified atom stereocenters. The molecule has 0 bridgehead atoms. The van der Waals surface area contributed by atoms with Gasteiger partial charge in [-0.15, -0.1) is 0 Å². The van der Waals surface area contributed by atoms with Gasteiger partial charge in [-0.25, -0.2) is 8.42 Å². The summed E-state index contributed by atoms with van der Waals surface area (Å²) in [5.74, 6) is 0.104. The Labute approximate surface area is 196 Å². The molecule has 0 N–H and O–H groups in total. The highest BCUT2D eigenvalue weighted by molar-refractivity contribution is 7.92. The van der Waals surface area contributed by atoms with E-state index >= 15 is 0 Å². The van der Waals surface area contributed by atoms with Gasteiger partial charge in [-0.2, -0.15) is 0 Å². The van der Waals surface area contributed by atoms with Crippen molar-refractivity contribution in [3.63, 3.8) is 0 Å². The second-order valence-corrected chi connectivity index (χ2v) is 10.2. The first-order valence-electron chi connectivity index (χ1n) is 11.1. The fraction of sp³-hybridized carbons (Fsp3) is 0.269. The van der Waals surface area contributed by atoms with Gasteiger partial charge in [0.1, 0.15) is 0 Å². The molecule has 0 spiro atoms. The van der Waals surface area contributed by atoms with Crippen molar-refractivity contribution in [1.82, 2.24) is 9.80 Å². The van der Waals surface area contributed by atoms with E-state index in [1.165, 1.54) is 16.9 Å². The van der Waals surface area contributed by atoms with E-state index in [0.29, 0.717) is 12.1 Å². The van der Waals surface area contributed by atoms with Crippen molar-refractivity contribution >= 4 is 21.6 Å². The van der Waals surface area contributed by atoms with Gasteiger partial charge in [0.2, 0.25) is 5.91 Å². The molecule has 172 valence electrons. The van der Waals surface area contributed by atoms with Crippen LogP contribution < -0.4 is 4.31 Å². The summed E-state index contributed by atoms with van der Waals surface area (Å²) in [5, 5.41) is 0. The van der Waals surface area contributed by atoms with Crippen LogP contribution in [0.5, 0.6) is 0 Å². The quantitative estimate of drug-likeness (QED) is 0.539. The van der Waals surface area contributed by atoms with E-state index in [1.807, 2.05) is 23.1 Å². The minimum absolute atomic E-state index is 0.104. The SMILES string of the molecule is CN(c1ccc(CC(=O)N2CCN(Cc3ccccc3)CC2)cc1)S(=O)(=O)c1ccccc1. The highest BCUT2D eigenvalue weighted by atomic mass is 32.2. The number of benzene rings is 3. The molecule has 1 fully saturated rings. The smallest absolute Gasteiger partial charge is 0.264 e. The van der Waals surface area contributed by atoms with Gasteiger partial charge in [0.15, 0.2) is 0 Å². The average molecular weight is 464 g/mol. The lowest BCUT2D eigenvalue weighted by atomic mass is 10.1. The van der Waals surface area contributed by atoms with Crippen molar-refractivity contribution in [3.8, 4) is 0 Å². The first kappa shape index (κ1) is 23.0. The van der Waals surface area contributed by atoms with E-state index in [9.17, 15) is 13.2 Å². The molecule has 0 atom stereocenters. The topological polar surface area (TPSA) is 60.9 Å². The molecule has 1 aliphatic heterocycles. The Bertz CT molecular complexity index is 1160. The first-order valence-corrected chi connectivity index (χ1v) is 12.5. The summed E-state index contributed by atoms with van der Waals surface area (Å²) in [6.07, 6.45) is 0.314. The summed E-state index contributed by atoms with van der Waals surface area (Å²) in [4.78, 5) is 17.3. The van der Waals surface area contributed by atoms with Gasteiger partial charge in [-0.3, -0.25) is 14.0 Å². The van der Waals surface area contributed by atoms with Crippen molar-refractivity contribution in [2.24, 2.45) is 0 Å². The zero-order valence-electron chi connectivity index (χ0n) is 18.8. The zero-order valence-corrected chi connectivity index (χ0v) is 19.6. The summed E-state index contributed by atoms with van der Waals surface area (Å²) in [7, 11) is -2.08. The van der Waals surface area contributed by atoms with Crippen LogP contribution in [-0.4, -0.2) is 57.4 Å². The maximum Gasteiger partial charge on any atom is 0.264 e.